The first-order valence-electron chi connectivity index (χ1n) is 4.54. The first kappa shape index (κ1) is 9.30. The molecule has 0 fully saturated rings. The second kappa shape index (κ2) is 3.30. The van der Waals surface area contributed by atoms with Crippen molar-refractivity contribution in [1.29, 1.82) is 0 Å². The van der Waals surface area contributed by atoms with Crippen molar-refractivity contribution in [2.75, 3.05) is 0 Å². The van der Waals surface area contributed by atoms with E-state index in [-0.39, 0.29) is 17.6 Å². The lowest BCUT2D eigenvalue weighted by atomic mass is 9.81. The number of aliphatic hydroxyl groups excluding tert-OH is 1. The van der Waals surface area contributed by atoms with Gasteiger partial charge in [0.05, 0.1) is 0 Å². The Hall–Kier alpha value is -0.790. The number of allylic oxidation sites excluding steroid dienone is 2. The fourth-order valence-electron chi connectivity index (χ4n) is 1.83. The number of carbonyl (C=O) groups is 1. The van der Waals surface area contributed by atoms with E-state index in [1.165, 1.54) is 0 Å². The van der Waals surface area contributed by atoms with E-state index in [1.54, 1.807) is 0 Å². The van der Waals surface area contributed by atoms with Crippen LogP contribution in [0.4, 0.5) is 0 Å². The number of hydrogen-bond acceptors (Lipinski definition) is 2. The maximum absolute atomic E-state index is 11.5. The van der Waals surface area contributed by atoms with Crippen LogP contribution >= 0.6 is 0 Å². The van der Waals surface area contributed by atoms with Crippen LogP contribution in [0.25, 0.3) is 0 Å². The van der Waals surface area contributed by atoms with Gasteiger partial charge in [0.15, 0.2) is 5.78 Å². The molecule has 0 aromatic rings. The lowest BCUT2D eigenvalue weighted by molar-refractivity contribution is -0.120. The summed E-state index contributed by atoms with van der Waals surface area (Å²) in [6.07, 6.45) is 1.44. The predicted octanol–water partition coefficient (Wildman–Crippen LogP) is 2.45. The summed E-state index contributed by atoms with van der Waals surface area (Å²) in [5.74, 6) is 0.701. The van der Waals surface area contributed by atoms with Gasteiger partial charge in [0.2, 0.25) is 0 Å². The van der Waals surface area contributed by atoms with Gasteiger partial charge in [-0.2, -0.15) is 0 Å². The summed E-state index contributed by atoms with van der Waals surface area (Å²) in [6.45, 7) is 5.81. The van der Waals surface area contributed by atoms with Gasteiger partial charge < -0.3 is 5.11 Å². The van der Waals surface area contributed by atoms with Crippen LogP contribution in [0.5, 0.6) is 0 Å². The number of aliphatic hydroxyl groups is 1. The summed E-state index contributed by atoms with van der Waals surface area (Å²) in [4.78, 5) is 11.5. The first-order valence-corrected chi connectivity index (χ1v) is 4.54. The third-order valence-electron chi connectivity index (χ3n) is 2.58. The second-order valence-electron chi connectivity index (χ2n) is 3.62. The molecule has 2 atom stereocenters. The summed E-state index contributed by atoms with van der Waals surface area (Å²) >= 11 is 0. The van der Waals surface area contributed by atoms with Crippen LogP contribution in [-0.4, -0.2) is 10.9 Å². The number of Topliss-reactive ketones (excluding diaryl/α,β-unsaturated/α-hetero) is 1. The summed E-state index contributed by atoms with van der Waals surface area (Å²) in [5, 5.41) is 9.58. The van der Waals surface area contributed by atoms with E-state index >= 15 is 0 Å². The Balaban J connectivity index is 3.00. The minimum Gasteiger partial charge on any atom is -0.512 e. The van der Waals surface area contributed by atoms with Crippen molar-refractivity contribution < 1.29 is 9.90 Å². The molecule has 68 valence electrons. The monoisotopic (exact) mass is 168 g/mol. The molecule has 0 spiro atoms. The molecule has 12 heavy (non-hydrogen) atoms. The summed E-state index contributed by atoms with van der Waals surface area (Å²) in [5.41, 5.74) is 0.640. The molecule has 1 aliphatic carbocycles. The smallest absolute Gasteiger partial charge is 0.165 e. The van der Waals surface area contributed by atoms with E-state index in [2.05, 4.69) is 0 Å². The Labute approximate surface area is 73.3 Å². The molecule has 1 rings (SSSR count). The SMILES string of the molecule is CCC1=C(O)C(C)CC(C)C1=O. The normalized spacial score (nSPS) is 31.1. The quantitative estimate of drug-likeness (QED) is 0.653. The minimum atomic E-state index is 0.0887. The Morgan fingerprint density at radius 3 is 2.50 bits per heavy atom. The van der Waals surface area contributed by atoms with Crippen LogP contribution in [0.15, 0.2) is 11.3 Å². The third kappa shape index (κ3) is 1.38. The summed E-state index contributed by atoms with van der Waals surface area (Å²) < 4.78 is 0. The van der Waals surface area contributed by atoms with Gasteiger partial charge in [-0.25, -0.2) is 0 Å². The van der Waals surface area contributed by atoms with Crippen molar-refractivity contribution in [2.45, 2.75) is 33.6 Å². The average Bonchev–Trinajstić information content (AvgIpc) is 2.02. The second-order valence-corrected chi connectivity index (χ2v) is 3.62. The topological polar surface area (TPSA) is 37.3 Å². The molecule has 1 aliphatic rings. The van der Waals surface area contributed by atoms with Gasteiger partial charge in [-0.05, 0) is 12.8 Å². The van der Waals surface area contributed by atoms with Crippen molar-refractivity contribution >= 4 is 5.78 Å². The molecule has 0 bridgehead atoms. The lowest BCUT2D eigenvalue weighted by Gasteiger charge is -2.24. The molecule has 1 N–H and O–H groups in total. The molecule has 0 saturated heterocycles. The van der Waals surface area contributed by atoms with Crippen LogP contribution in [-0.2, 0) is 4.79 Å². The zero-order valence-electron chi connectivity index (χ0n) is 7.92. The fourth-order valence-corrected chi connectivity index (χ4v) is 1.83. The molecule has 0 aliphatic heterocycles. The van der Waals surface area contributed by atoms with Gasteiger partial charge >= 0.3 is 0 Å². The molecular weight excluding hydrogens is 152 g/mol. The highest BCUT2D eigenvalue weighted by atomic mass is 16.3. The number of carbonyl (C=O) groups excluding carboxylic acids is 1. The largest absolute Gasteiger partial charge is 0.512 e. The highest BCUT2D eigenvalue weighted by Gasteiger charge is 2.29. The predicted molar refractivity (Wildman–Crippen MR) is 47.9 cm³/mol. The van der Waals surface area contributed by atoms with Crippen molar-refractivity contribution in [3.63, 3.8) is 0 Å². The highest BCUT2D eigenvalue weighted by Crippen LogP contribution is 2.30. The van der Waals surface area contributed by atoms with Gasteiger partial charge in [-0.1, -0.05) is 20.8 Å². The molecule has 0 radical (unpaired) electrons. The van der Waals surface area contributed by atoms with Gasteiger partial charge in [0.25, 0.3) is 0 Å². The molecule has 0 heterocycles. The van der Waals surface area contributed by atoms with Crippen LogP contribution in [0, 0.1) is 11.8 Å². The minimum absolute atomic E-state index is 0.0887. The Kier molecular flexibility index (Phi) is 2.55. The van der Waals surface area contributed by atoms with Crippen LogP contribution in [0.2, 0.25) is 0 Å². The van der Waals surface area contributed by atoms with E-state index in [0.29, 0.717) is 17.8 Å². The molecule has 0 aromatic heterocycles. The molecule has 2 heteroatoms. The number of rotatable bonds is 1. The summed E-state index contributed by atoms with van der Waals surface area (Å²) in [7, 11) is 0. The first-order chi connectivity index (χ1) is 5.57. The van der Waals surface area contributed by atoms with Crippen molar-refractivity contribution in [3.8, 4) is 0 Å². The molecule has 0 aromatic carbocycles. The lowest BCUT2D eigenvalue weighted by Crippen LogP contribution is -2.25. The Morgan fingerprint density at radius 1 is 1.42 bits per heavy atom. The van der Waals surface area contributed by atoms with E-state index in [0.717, 1.165) is 6.42 Å². The van der Waals surface area contributed by atoms with E-state index in [1.807, 2.05) is 20.8 Å². The van der Waals surface area contributed by atoms with Crippen molar-refractivity contribution in [2.24, 2.45) is 11.8 Å². The zero-order valence-corrected chi connectivity index (χ0v) is 7.92. The average molecular weight is 168 g/mol. The van der Waals surface area contributed by atoms with Crippen molar-refractivity contribution in [3.05, 3.63) is 11.3 Å². The van der Waals surface area contributed by atoms with Crippen LogP contribution < -0.4 is 0 Å². The van der Waals surface area contributed by atoms with E-state index < -0.39 is 0 Å². The number of hydrogen-bond donors (Lipinski definition) is 1. The van der Waals surface area contributed by atoms with E-state index in [4.69, 9.17) is 0 Å². The zero-order chi connectivity index (χ0) is 9.30. The van der Waals surface area contributed by atoms with Crippen LogP contribution in [0.1, 0.15) is 33.6 Å². The van der Waals surface area contributed by atoms with Crippen LogP contribution in [0.3, 0.4) is 0 Å². The Bertz CT molecular complexity index is 228. The number of ketones is 1. The maximum atomic E-state index is 11.5. The molecule has 2 nitrogen and oxygen atoms in total. The maximum Gasteiger partial charge on any atom is 0.165 e. The highest BCUT2D eigenvalue weighted by molar-refractivity contribution is 5.98. The van der Waals surface area contributed by atoms with Gasteiger partial charge in [-0.15, -0.1) is 0 Å². The molecular formula is C10H16O2. The van der Waals surface area contributed by atoms with Gasteiger partial charge in [-0.3, -0.25) is 4.79 Å². The molecule has 2 unspecified atom stereocenters. The third-order valence-corrected chi connectivity index (χ3v) is 2.58. The molecule has 0 saturated carbocycles. The van der Waals surface area contributed by atoms with E-state index in [9.17, 15) is 9.90 Å². The fraction of sp³-hybridized carbons (Fsp3) is 0.700. The van der Waals surface area contributed by atoms with Gasteiger partial charge in [0.1, 0.15) is 5.76 Å². The standard InChI is InChI=1S/C10H16O2/c1-4-8-9(11)6(2)5-7(3)10(8)12/h6-7,11H,4-5H2,1-3H3. The van der Waals surface area contributed by atoms with Crippen molar-refractivity contribution in [1.82, 2.24) is 0 Å². The molecule has 0 amide bonds. The summed E-state index contributed by atoms with van der Waals surface area (Å²) in [6, 6.07) is 0. The van der Waals surface area contributed by atoms with Gasteiger partial charge in [0, 0.05) is 17.4 Å². The Morgan fingerprint density at radius 2 is 2.00 bits per heavy atom.